The van der Waals surface area contributed by atoms with E-state index >= 15 is 0 Å². The highest BCUT2D eigenvalue weighted by Crippen LogP contribution is 2.23. The van der Waals surface area contributed by atoms with Crippen molar-refractivity contribution in [2.75, 3.05) is 26.2 Å². The van der Waals surface area contributed by atoms with Crippen LogP contribution in [-0.2, 0) is 6.54 Å². The van der Waals surface area contributed by atoms with E-state index in [1.165, 1.54) is 19.3 Å². The number of pyridine rings is 1. The first-order valence-corrected chi connectivity index (χ1v) is 10.9. The quantitative estimate of drug-likeness (QED) is 0.852. The number of hydrogen-bond acceptors (Lipinski definition) is 4. The van der Waals surface area contributed by atoms with E-state index in [1.807, 2.05) is 27.6 Å². The molecule has 7 heteroatoms. The Hall–Kier alpha value is -1.63. The van der Waals surface area contributed by atoms with Crippen LogP contribution in [0.25, 0.3) is 5.65 Å². The lowest BCUT2D eigenvalue weighted by molar-refractivity contribution is 0.0649. The molecule has 2 aromatic heterocycles. The lowest BCUT2D eigenvalue weighted by Crippen LogP contribution is -2.39. The monoisotopic (exact) mass is 404 g/mol. The Balaban J connectivity index is 1.66. The zero-order valence-electron chi connectivity index (χ0n) is 16.3. The van der Waals surface area contributed by atoms with Crippen molar-refractivity contribution < 1.29 is 9.90 Å². The molecule has 2 saturated heterocycles. The number of nitrogens with zero attached hydrogens (tertiary/aromatic N) is 4. The number of piperidine rings is 1. The van der Waals surface area contributed by atoms with Crippen LogP contribution in [0.3, 0.4) is 0 Å². The number of carbonyl (C=O) groups excluding carboxylic acids is 1. The molecule has 4 heterocycles. The molecule has 0 bridgehead atoms. The van der Waals surface area contributed by atoms with Crippen molar-refractivity contribution in [1.82, 2.24) is 19.2 Å². The van der Waals surface area contributed by atoms with Gasteiger partial charge in [0.05, 0.1) is 16.8 Å². The van der Waals surface area contributed by atoms with Crippen molar-refractivity contribution in [2.24, 2.45) is 0 Å². The van der Waals surface area contributed by atoms with E-state index < -0.39 is 0 Å². The van der Waals surface area contributed by atoms with Gasteiger partial charge in [0.2, 0.25) is 0 Å². The van der Waals surface area contributed by atoms with Crippen molar-refractivity contribution in [3.8, 4) is 0 Å². The van der Waals surface area contributed by atoms with E-state index in [0.29, 0.717) is 23.8 Å². The fraction of sp³-hybridized carbons (Fsp3) is 0.619. The highest BCUT2D eigenvalue weighted by Gasteiger charge is 2.27. The lowest BCUT2D eigenvalue weighted by atomic mass is 10.1. The van der Waals surface area contributed by atoms with Crippen LogP contribution in [0.15, 0.2) is 18.3 Å². The summed E-state index contributed by atoms with van der Waals surface area (Å²) in [5.74, 6) is 0.0225. The van der Waals surface area contributed by atoms with Crippen LogP contribution in [0.5, 0.6) is 0 Å². The molecule has 0 radical (unpaired) electrons. The van der Waals surface area contributed by atoms with Crippen LogP contribution < -0.4 is 0 Å². The van der Waals surface area contributed by atoms with E-state index in [4.69, 9.17) is 16.6 Å². The third kappa shape index (κ3) is 4.34. The number of aliphatic hydroxyl groups is 1. The zero-order valence-corrected chi connectivity index (χ0v) is 17.1. The third-order valence-corrected chi connectivity index (χ3v) is 6.10. The molecule has 1 atom stereocenters. The minimum Gasteiger partial charge on any atom is -0.392 e. The van der Waals surface area contributed by atoms with Crippen molar-refractivity contribution in [3.63, 3.8) is 0 Å². The van der Waals surface area contributed by atoms with Crippen molar-refractivity contribution in [1.29, 1.82) is 0 Å². The minimum absolute atomic E-state index is 0.0225. The van der Waals surface area contributed by atoms with Gasteiger partial charge in [0.25, 0.3) is 5.91 Å². The molecule has 28 heavy (non-hydrogen) atoms. The van der Waals surface area contributed by atoms with Gasteiger partial charge in [0.15, 0.2) is 5.69 Å². The molecule has 0 aromatic carbocycles. The standard InChI is InChI=1S/C21H29ClN4O2/c22-16-8-9-19-23-20(21(28)25-11-4-2-1-3-5-12-25)18(26(19)13-16)15-24-10-6-7-17(27)14-24/h8-9,13,17,27H,1-7,10-12,14-15H2/t17-/m0/s1. The molecule has 6 nitrogen and oxygen atoms in total. The van der Waals surface area contributed by atoms with Crippen LogP contribution in [0.2, 0.25) is 5.02 Å². The van der Waals surface area contributed by atoms with E-state index in [0.717, 1.165) is 56.7 Å². The van der Waals surface area contributed by atoms with Crippen molar-refractivity contribution >= 4 is 23.2 Å². The predicted octanol–water partition coefficient (Wildman–Crippen LogP) is 3.35. The number of carbonyl (C=O) groups is 1. The first-order chi connectivity index (χ1) is 13.6. The number of fused-ring (bicyclic) bond motifs is 1. The van der Waals surface area contributed by atoms with Gasteiger partial charge in [-0.3, -0.25) is 9.69 Å². The van der Waals surface area contributed by atoms with E-state index in [-0.39, 0.29) is 12.0 Å². The van der Waals surface area contributed by atoms with Gasteiger partial charge in [-0.05, 0) is 44.4 Å². The summed E-state index contributed by atoms with van der Waals surface area (Å²) in [7, 11) is 0. The lowest BCUT2D eigenvalue weighted by Gasteiger charge is -2.30. The average molecular weight is 405 g/mol. The number of hydrogen-bond donors (Lipinski definition) is 1. The van der Waals surface area contributed by atoms with Crippen LogP contribution in [0.4, 0.5) is 0 Å². The van der Waals surface area contributed by atoms with E-state index in [9.17, 15) is 9.90 Å². The molecule has 0 aliphatic carbocycles. The molecule has 4 rings (SSSR count). The van der Waals surface area contributed by atoms with Gasteiger partial charge >= 0.3 is 0 Å². The van der Waals surface area contributed by atoms with Gasteiger partial charge < -0.3 is 14.4 Å². The summed E-state index contributed by atoms with van der Waals surface area (Å²) in [5, 5.41) is 10.7. The topological polar surface area (TPSA) is 61.1 Å². The molecule has 2 aromatic rings. The second kappa shape index (κ2) is 8.80. The number of β-amino-alcohol motifs (C(OH)–C–C–N with tert-alkyl or cyclic N) is 1. The molecule has 152 valence electrons. The smallest absolute Gasteiger partial charge is 0.274 e. The average Bonchev–Trinajstić information content (AvgIpc) is 2.99. The van der Waals surface area contributed by atoms with Gasteiger partial charge in [-0.1, -0.05) is 30.9 Å². The molecule has 0 unspecified atom stereocenters. The SMILES string of the molecule is O=C(c1nc2ccc(Cl)cn2c1CN1CCC[C@H](O)C1)N1CCCCCCC1. The highest BCUT2D eigenvalue weighted by atomic mass is 35.5. The summed E-state index contributed by atoms with van der Waals surface area (Å²) in [6.07, 6.45) is 9.08. The van der Waals surface area contributed by atoms with Gasteiger partial charge in [0, 0.05) is 32.4 Å². The van der Waals surface area contributed by atoms with E-state index in [2.05, 4.69) is 4.90 Å². The predicted molar refractivity (Wildman–Crippen MR) is 110 cm³/mol. The number of amides is 1. The molecular formula is C21H29ClN4O2. The Morgan fingerprint density at radius 1 is 1.11 bits per heavy atom. The van der Waals surface area contributed by atoms with Crippen LogP contribution in [-0.4, -0.2) is 62.5 Å². The Morgan fingerprint density at radius 2 is 1.86 bits per heavy atom. The number of imidazole rings is 1. The molecule has 0 saturated carbocycles. The summed E-state index contributed by atoms with van der Waals surface area (Å²) in [4.78, 5) is 22.3. The first kappa shape index (κ1) is 19.7. The van der Waals surface area contributed by atoms with Crippen LogP contribution in [0, 0.1) is 0 Å². The first-order valence-electron chi connectivity index (χ1n) is 10.5. The summed E-state index contributed by atoms with van der Waals surface area (Å²) in [5.41, 5.74) is 2.15. The van der Waals surface area contributed by atoms with Crippen LogP contribution >= 0.6 is 11.6 Å². The Bertz CT molecular complexity index is 829. The maximum absolute atomic E-state index is 13.4. The molecule has 2 aliphatic rings. The molecule has 2 fully saturated rings. The third-order valence-electron chi connectivity index (χ3n) is 5.88. The Morgan fingerprint density at radius 3 is 2.61 bits per heavy atom. The Labute approximate surface area is 171 Å². The summed E-state index contributed by atoms with van der Waals surface area (Å²) >= 11 is 6.24. The molecular weight excluding hydrogens is 376 g/mol. The maximum atomic E-state index is 13.4. The number of likely N-dealkylation sites (tertiary alicyclic amines) is 2. The van der Waals surface area contributed by atoms with Gasteiger partial charge in [-0.15, -0.1) is 0 Å². The molecule has 1 N–H and O–H groups in total. The number of halogens is 1. The van der Waals surface area contributed by atoms with Crippen molar-refractivity contribution in [2.45, 2.75) is 57.6 Å². The Kier molecular flexibility index (Phi) is 6.19. The molecule has 1 amide bonds. The van der Waals surface area contributed by atoms with Crippen LogP contribution in [0.1, 0.15) is 61.1 Å². The second-order valence-corrected chi connectivity index (χ2v) is 8.51. The highest BCUT2D eigenvalue weighted by molar-refractivity contribution is 6.30. The zero-order chi connectivity index (χ0) is 19.5. The fourth-order valence-electron chi connectivity index (χ4n) is 4.38. The molecule has 2 aliphatic heterocycles. The van der Waals surface area contributed by atoms with Gasteiger partial charge in [0.1, 0.15) is 5.65 Å². The number of aliphatic hydroxyl groups excluding tert-OH is 1. The molecule has 0 spiro atoms. The van der Waals surface area contributed by atoms with E-state index in [1.54, 1.807) is 0 Å². The maximum Gasteiger partial charge on any atom is 0.274 e. The fourth-order valence-corrected chi connectivity index (χ4v) is 4.54. The number of rotatable bonds is 3. The second-order valence-electron chi connectivity index (χ2n) is 8.07. The summed E-state index contributed by atoms with van der Waals surface area (Å²) < 4.78 is 1.95. The van der Waals surface area contributed by atoms with Gasteiger partial charge in [-0.25, -0.2) is 4.98 Å². The number of aromatic nitrogens is 2. The normalized spacial score (nSPS) is 22.2. The summed E-state index contributed by atoms with van der Waals surface area (Å²) in [6, 6.07) is 3.67. The summed E-state index contributed by atoms with van der Waals surface area (Å²) in [6.45, 7) is 3.74. The van der Waals surface area contributed by atoms with Gasteiger partial charge in [-0.2, -0.15) is 0 Å². The van der Waals surface area contributed by atoms with Crippen molar-refractivity contribution in [3.05, 3.63) is 34.7 Å². The largest absolute Gasteiger partial charge is 0.392 e. The minimum atomic E-state index is -0.301.